The summed E-state index contributed by atoms with van der Waals surface area (Å²) in [4.78, 5) is 26.9. The SMILES string of the molecule is Nc1nc(N2CCCCC2CC(=O)O)ccc1[N+](=O)[O-]. The molecule has 1 unspecified atom stereocenters. The lowest BCUT2D eigenvalue weighted by Gasteiger charge is -2.35. The summed E-state index contributed by atoms with van der Waals surface area (Å²) >= 11 is 0. The minimum Gasteiger partial charge on any atom is -0.481 e. The van der Waals surface area contributed by atoms with Crippen molar-refractivity contribution in [3.05, 3.63) is 22.2 Å². The summed E-state index contributed by atoms with van der Waals surface area (Å²) in [6, 6.07) is 2.69. The summed E-state index contributed by atoms with van der Waals surface area (Å²) in [5.74, 6) is -0.511. The maximum absolute atomic E-state index is 10.9. The molecule has 20 heavy (non-hydrogen) atoms. The number of hydrogen-bond donors (Lipinski definition) is 2. The van der Waals surface area contributed by atoms with Crippen molar-refractivity contribution in [2.45, 2.75) is 31.7 Å². The highest BCUT2D eigenvalue weighted by molar-refractivity contribution is 5.68. The van der Waals surface area contributed by atoms with Gasteiger partial charge in [-0.25, -0.2) is 4.98 Å². The maximum Gasteiger partial charge on any atom is 0.311 e. The van der Waals surface area contributed by atoms with Crippen LogP contribution in [0.3, 0.4) is 0 Å². The van der Waals surface area contributed by atoms with Gasteiger partial charge in [-0.3, -0.25) is 14.9 Å². The lowest BCUT2D eigenvalue weighted by atomic mass is 9.99. The van der Waals surface area contributed by atoms with Crippen LogP contribution in [0.15, 0.2) is 12.1 Å². The number of nitrogens with zero attached hydrogens (tertiary/aromatic N) is 3. The molecular formula is C12H16N4O4. The van der Waals surface area contributed by atoms with Crippen LogP contribution >= 0.6 is 0 Å². The molecule has 0 spiro atoms. The number of aliphatic carboxylic acids is 1. The predicted octanol–water partition coefficient (Wildman–Crippen LogP) is 1.41. The Bertz CT molecular complexity index is 534. The van der Waals surface area contributed by atoms with E-state index >= 15 is 0 Å². The van der Waals surface area contributed by atoms with Gasteiger partial charge in [0, 0.05) is 18.7 Å². The van der Waals surface area contributed by atoms with Gasteiger partial charge in [0.25, 0.3) is 0 Å². The number of piperidine rings is 1. The number of nitrogens with two attached hydrogens (primary N) is 1. The third kappa shape index (κ3) is 2.95. The molecule has 2 rings (SSSR count). The molecule has 1 fully saturated rings. The third-order valence-corrected chi connectivity index (χ3v) is 3.42. The monoisotopic (exact) mass is 280 g/mol. The minimum atomic E-state index is -0.864. The van der Waals surface area contributed by atoms with Crippen molar-refractivity contribution in [2.24, 2.45) is 0 Å². The Morgan fingerprint density at radius 2 is 2.30 bits per heavy atom. The molecule has 3 N–H and O–H groups in total. The first-order chi connectivity index (χ1) is 9.49. The molecule has 0 bridgehead atoms. The van der Waals surface area contributed by atoms with Crippen LogP contribution in [0.5, 0.6) is 0 Å². The van der Waals surface area contributed by atoms with E-state index in [0.29, 0.717) is 12.4 Å². The molecule has 108 valence electrons. The molecule has 1 aliphatic rings. The van der Waals surface area contributed by atoms with E-state index in [4.69, 9.17) is 10.8 Å². The van der Waals surface area contributed by atoms with Crippen LogP contribution in [0.1, 0.15) is 25.7 Å². The Kier molecular flexibility index (Phi) is 4.02. The standard InChI is InChI=1S/C12H16N4O4/c13-12-9(16(19)20)4-5-10(14-12)15-6-2-1-3-8(15)7-11(17)18/h4-5,8H,1-3,6-7H2,(H2,13,14)(H,17,18). The van der Waals surface area contributed by atoms with Crippen molar-refractivity contribution in [3.8, 4) is 0 Å². The molecule has 0 radical (unpaired) electrons. The molecule has 0 amide bonds. The molecule has 1 saturated heterocycles. The fourth-order valence-corrected chi connectivity index (χ4v) is 2.49. The van der Waals surface area contributed by atoms with Gasteiger partial charge in [0.1, 0.15) is 5.82 Å². The molecule has 2 heterocycles. The van der Waals surface area contributed by atoms with Crippen molar-refractivity contribution in [1.29, 1.82) is 0 Å². The topological polar surface area (TPSA) is 123 Å². The van der Waals surface area contributed by atoms with E-state index in [1.54, 1.807) is 0 Å². The number of carbonyl (C=O) groups is 1. The highest BCUT2D eigenvalue weighted by Gasteiger charge is 2.26. The summed E-state index contributed by atoms with van der Waals surface area (Å²) < 4.78 is 0. The van der Waals surface area contributed by atoms with E-state index in [-0.39, 0.29) is 24.0 Å². The highest BCUT2D eigenvalue weighted by atomic mass is 16.6. The first-order valence-electron chi connectivity index (χ1n) is 6.38. The number of carboxylic acids is 1. The predicted molar refractivity (Wildman–Crippen MR) is 72.5 cm³/mol. The first kappa shape index (κ1) is 14.0. The number of rotatable bonds is 4. The quantitative estimate of drug-likeness (QED) is 0.631. The fourth-order valence-electron chi connectivity index (χ4n) is 2.49. The van der Waals surface area contributed by atoms with Gasteiger partial charge >= 0.3 is 11.7 Å². The van der Waals surface area contributed by atoms with Gasteiger partial charge in [-0.2, -0.15) is 0 Å². The van der Waals surface area contributed by atoms with Crippen molar-refractivity contribution in [2.75, 3.05) is 17.2 Å². The van der Waals surface area contributed by atoms with Crippen LogP contribution in [0.4, 0.5) is 17.3 Å². The average Bonchev–Trinajstić information content (AvgIpc) is 2.38. The Balaban J connectivity index is 2.26. The number of carboxylic acid groups (broad SMARTS) is 1. The fraction of sp³-hybridized carbons (Fsp3) is 0.500. The number of aromatic nitrogens is 1. The van der Waals surface area contributed by atoms with E-state index in [9.17, 15) is 14.9 Å². The molecule has 0 aromatic carbocycles. The smallest absolute Gasteiger partial charge is 0.311 e. The lowest BCUT2D eigenvalue weighted by Crippen LogP contribution is -2.41. The zero-order valence-corrected chi connectivity index (χ0v) is 10.9. The van der Waals surface area contributed by atoms with E-state index in [1.165, 1.54) is 12.1 Å². The Labute approximate surface area is 115 Å². The molecule has 1 aromatic heterocycles. The van der Waals surface area contributed by atoms with Gasteiger partial charge in [0.05, 0.1) is 11.3 Å². The number of pyridine rings is 1. The zero-order valence-electron chi connectivity index (χ0n) is 10.9. The van der Waals surface area contributed by atoms with E-state index in [2.05, 4.69) is 4.98 Å². The highest BCUT2D eigenvalue weighted by Crippen LogP contribution is 2.28. The van der Waals surface area contributed by atoms with Crippen molar-refractivity contribution >= 4 is 23.3 Å². The molecular weight excluding hydrogens is 264 g/mol. The Hall–Kier alpha value is -2.38. The summed E-state index contributed by atoms with van der Waals surface area (Å²) in [5, 5.41) is 19.7. The minimum absolute atomic E-state index is 0.0264. The van der Waals surface area contributed by atoms with Gasteiger partial charge in [-0.1, -0.05) is 0 Å². The largest absolute Gasteiger partial charge is 0.481 e. The number of anilines is 2. The zero-order chi connectivity index (χ0) is 14.7. The number of nitrogen functional groups attached to an aromatic ring is 1. The lowest BCUT2D eigenvalue weighted by molar-refractivity contribution is -0.384. The molecule has 8 heteroatoms. The number of hydrogen-bond acceptors (Lipinski definition) is 6. The van der Waals surface area contributed by atoms with Crippen LogP contribution < -0.4 is 10.6 Å². The second-order valence-electron chi connectivity index (χ2n) is 4.77. The summed E-state index contributed by atoms with van der Waals surface area (Å²) in [5.41, 5.74) is 5.34. The van der Waals surface area contributed by atoms with Gasteiger partial charge in [0.2, 0.25) is 5.82 Å². The molecule has 8 nitrogen and oxygen atoms in total. The molecule has 0 aliphatic carbocycles. The van der Waals surface area contributed by atoms with Gasteiger partial charge in [0.15, 0.2) is 0 Å². The normalized spacial score (nSPS) is 18.8. The van der Waals surface area contributed by atoms with Crippen LogP contribution in [0.2, 0.25) is 0 Å². The van der Waals surface area contributed by atoms with Gasteiger partial charge < -0.3 is 15.7 Å². The summed E-state index contributed by atoms with van der Waals surface area (Å²) in [6.45, 7) is 0.683. The van der Waals surface area contributed by atoms with Crippen molar-refractivity contribution in [1.82, 2.24) is 4.98 Å². The second kappa shape index (κ2) is 5.72. The second-order valence-corrected chi connectivity index (χ2v) is 4.77. The molecule has 1 aliphatic heterocycles. The Morgan fingerprint density at radius 1 is 1.55 bits per heavy atom. The van der Waals surface area contributed by atoms with Gasteiger partial charge in [-0.15, -0.1) is 0 Å². The van der Waals surface area contributed by atoms with Crippen LogP contribution in [-0.2, 0) is 4.79 Å². The third-order valence-electron chi connectivity index (χ3n) is 3.42. The average molecular weight is 280 g/mol. The summed E-state index contributed by atoms with van der Waals surface area (Å²) in [7, 11) is 0. The molecule has 1 aromatic rings. The van der Waals surface area contributed by atoms with Crippen LogP contribution in [0.25, 0.3) is 0 Å². The van der Waals surface area contributed by atoms with Crippen molar-refractivity contribution in [3.63, 3.8) is 0 Å². The van der Waals surface area contributed by atoms with E-state index < -0.39 is 10.9 Å². The van der Waals surface area contributed by atoms with Gasteiger partial charge in [-0.05, 0) is 25.3 Å². The molecule has 0 saturated carbocycles. The van der Waals surface area contributed by atoms with E-state index in [0.717, 1.165) is 19.3 Å². The molecule has 1 atom stereocenters. The number of nitro groups is 1. The van der Waals surface area contributed by atoms with Crippen LogP contribution in [-0.4, -0.2) is 33.6 Å². The summed E-state index contributed by atoms with van der Waals surface area (Å²) in [6.07, 6.45) is 2.70. The van der Waals surface area contributed by atoms with E-state index in [1.807, 2.05) is 4.90 Å². The maximum atomic E-state index is 10.9. The van der Waals surface area contributed by atoms with Crippen LogP contribution in [0, 0.1) is 10.1 Å². The van der Waals surface area contributed by atoms with Crippen molar-refractivity contribution < 1.29 is 14.8 Å². The Morgan fingerprint density at radius 3 is 2.90 bits per heavy atom. The first-order valence-corrected chi connectivity index (χ1v) is 6.38.